The van der Waals surface area contributed by atoms with E-state index in [4.69, 9.17) is 16.3 Å². The van der Waals surface area contributed by atoms with E-state index in [-0.39, 0.29) is 12.4 Å². The molecule has 0 aliphatic carbocycles. The van der Waals surface area contributed by atoms with Gasteiger partial charge >= 0.3 is 5.97 Å². The number of carbonyl (C=O) groups is 2. The molecule has 3 nitrogen and oxygen atoms in total. The molecule has 110 valence electrons. The number of ketones is 1. The van der Waals surface area contributed by atoms with E-state index in [9.17, 15) is 9.59 Å². The van der Waals surface area contributed by atoms with Crippen LogP contribution in [0.15, 0.2) is 36.4 Å². The summed E-state index contributed by atoms with van der Waals surface area (Å²) >= 11 is 6.93. The first-order valence-corrected chi connectivity index (χ1v) is 7.72. The van der Waals surface area contributed by atoms with Gasteiger partial charge in [0.05, 0.1) is 14.8 Å². The molecule has 0 saturated carbocycles. The van der Waals surface area contributed by atoms with Crippen molar-refractivity contribution in [1.29, 1.82) is 0 Å². The fourth-order valence-electron chi connectivity index (χ4n) is 1.75. The number of esters is 1. The van der Waals surface area contributed by atoms with E-state index in [1.807, 2.05) is 12.1 Å². The number of hydrogen-bond donors (Lipinski definition) is 0. The Morgan fingerprint density at radius 3 is 2.33 bits per heavy atom. The van der Waals surface area contributed by atoms with Crippen molar-refractivity contribution in [2.45, 2.75) is 19.8 Å². The zero-order valence-electron chi connectivity index (χ0n) is 11.8. The largest absolute Gasteiger partial charge is 0.454 e. The Morgan fingerprint density at radius 1 is 1.14 bits per heavy atom. The van der Waals surface area contributed by atoms with Gasteiger partial charge in [-0.3, -0.25) is 4.79 Å². The van der Waals surface area contributed by atoms with E-state index in [1.54, 1.807) is 24.3 Å². The van der Waals surface area contributed by atoms with Crippen LogP contribution in [0, 0.1) is 0 Å². The molecule has 0 atom stereocenters. The normalized spacial score (nSPS) is 10.7. The Morgan fingerprint density at radius 2 is 1.81 bits per heavy atom. The second kappa shape index (κ2) is 6.87. The Kier molecular flexibility index (Phi) is 5.15. The third-order valence-corrected chi connectivity index (χ3v) is 4.27. The summed E-state index contributed by atoms with van der Waals surface area (Å²) in [6.45, 7) is 3.89. The van der Waals surface area contributed by atoms with Crippen LogP contribution in [-0.2, 0) is 4.74 Å². The molecule has 1 aromatic carbocycles. The maximum atomic E-state index is 11.9. The number of carbonyl (C=O) groups excluding carboxylic acids is 2. The summed E-state index contributed by atoms with van der Waals surface area (Å²) < 4.78 is 5.57. The number of ether oxygens (including phenoxy) is 1. The highest BCUT2D eigenvalue weighted by Gasteiger charge is 2.13. The van der Waals surface area contributed by atoms with Crippen molar-refractivity contribution < 1.29 is 14.3 Å². The Labute approximate surface area is 132 Å². The van der Waals surface area contributed by atoms with Crippen LogP contribution in [0.25, 0.3) is 0 Å². The van der Waals surface area contributed by atoms with Gasteiger partial charge in [-0.15, -0.1) is 11.3 Å². The number of benzene rings is 1. The van der Waals surface area contributed by atoms with Crippen LogP contribution in [0.4, 0.5) is 0 Å². The number of hydrogen-bond acceptors (Lipinski definition) is 4. The monoisotopic (exact) mass is 322 g/mol. The third-order valence-electron chi connectivity index (χ3n) is 3.00. The predicted octanol–water partition coefficient (Wildman–Crippen LogP) is 4.56. The average molecular weight is 323 g/mol. The van der Waals surface area contributed by atoms with Gasteiger partial charge in [-0.1, -0.05) is 37.6 Å². The molecule has 0 fully saturated rings. The number of thiophene rings is 1. The lowest BCUT2D eigenvalue weighted by molar-refractivity contribution is 0.0476. The Hall–Kier alpha value is -1.65. The van der Waals surface area contributed by atoms with Gasteiger partial charge in [0, 0.05) is 0 Å². The van der Waals surface area contributed by atoms with Gasteiger partial charge in [-0.05, 0) is 35.7 Å². The molecular formula is C16H15ClO3S. The second-order valence-electron chi connectivity index (χ2n) is 4.88. The third kappa shape index (κ3) is 4.16. The second-order valence-corrected chi connectivity index (χ2v) is 6.59. The van der Waals surface area contributed by atoms with Crippen LogP contribution in [0.5, 0.6) is 0 Å². The first-order valence-electron chi connectivity index (χ1n) is 6.53. The molecule has 0 aliphatic heterocycles. The first-order chi connectivity index (χ1) is 9.97. The molecule has 1 aromatic heterocycles. The van der Waals surface area contributed by atoms with Crippen molar-refractivity contribution >= 4 is 34.7 Å². The molecule has 21 heavy (non-hydrogen) atoms. The van der Waals surface area contributed by atoms with Gasteiger partial charge in [-0.25, -0.2) is 4.79 Å². The molecule has 2 rings (SSSR count). The minimum Gasteiger partial charge on any atom is -0.454 e. The number of rotatable bonds is 5. The zero-order valence-corrected chi connectivity index (χ0v) is 13.3. The fourth-order valence-corrected chi connectivity index (χ4v) is 2.72. The van der Waals surface area contributed by atoms with Crippen molar-refractivity contribution in [1.82, 2.24) is 0 Å². The Balaban J connectivity index is 1.94. The average Bonchev–Trinajstić information content (AvgIpc) is 2.91. The van der Waals surface area contributed by atoms with E-state index >= 15 is 0 Å². The van der Waals surface area contributed by atoms with Crippen molar-refractivity contribution in [3.8, 4) is 0 Å². The molecule has 0 bridgehead atoms. The van der Waals surface area contributed by atoms with Crippen LogP contribution in [0.3, 0.4) is 0 Å². The highest BCUT2D eigenvalue weighted by molar-refractivity contribution is 7.18. The lowest BCUT2D eigenvalue weighted by Gasteiger charge is -2.07. The van der Waals surface area contributed by atoms with Crippen molar-refractivity contribution in [2.75, 3.05) is 6.61 Å². The quantitative estimate of drug-likeness (QED) is 0.598. The smallest absolute Gasteiger partial charge is 0.338 e. The summed E-state index contributed by atoms with van der Waals surface area (Å²) in [5.74, 6) is -0.347. The van der Waals surface area contributed by atoms with Crippen molar-refractivity contribution in [3.63, 3.8) is 0 Å². The minimum atomic E-state index is -0.499. The van der Waals surface area contributed by atoms with Crippen molar-refractivity contribution in [3.05, 3.63) is 56.7 Å². The van der Waals surface area contributed by atoms with Gasteiger partial charge in [-0.2, -0.15) is 0 Å². The van der Waals surface area contributed by atoms with Crippen LogP contribution >= 0.6 is 22.9 Å². The molecule has 0 unspecified atom stereocenters. The highest BCUT2D eigenvalue weighted by Crippen LogP contribution is 2.22. The van der Waals surface area contributed by atoms with Crippen molar-refractivity contribution in [2.24, 2.45) is 0 Å². The SMILES string of the molecule is CC(C)c1ccc(C(=O)OCC(=O)c2ccc(Cl)s2)cc1. The minimum absolute atomic E-state index is 0.251. The number of halogens is 1. The Bertz CT molecular complexity index is 644. The standard InChI is InChI=1S/C16H15ClO3S/c1-10(2)11-3-5-12(6-4-11)16(19)20-9-13(18)14-7-8-15(17)21-14/h3-8,10H,9H2,1-2H3. The highest BCUT2D eigenvalue weighted by atomic mass is 35.5. The molecule has 0 spiro atoms. The molecule has 0 radical (unpaired) electrons. The van der Waals surface area contributed by atoms with Gasteiger partial charge in [0.1, 0.15) is 0 Å². The molecular weight excluding hydrogens is 308 g/mol. The van der Waals surface area contributed by atoms with E-state index < -0.39 is 5.97 Å². The van der Waals surface area contributed by atoms with E-state index in [1.165, 1.54) is 11.3 Å². The molecule has 1 heterocycles. The lowest BCUT2D eigenvalue weighted by atomic mass is 10.0. The molecule has 0 aliphatic rings. The summed E-state index contributed by atoms with van der Waals surface area (Å²) in [5, 5.41) is 0. The van der Waals surface area contributed by atoms with Crippen LogP contribution in [-0.4, -0.2) is 18.4 Å². The number of Topliss-reactive ketones (excluding diaryl/α,β-unsaturated/α-hetero) is 1. The summed E-state index contributed by atoms with van der Waals surface area (Å²) in [7, 11) is 0. The van der Waals surface area contributed by atoms with Gasteiger partial charge in [0.15, 0.2) is 6.61 Å². The summed E-state index contributed by atoms with van der Waals surface area (Å²) in [6.07, 6.45) is 0. The predicted molar refractivity (Wildman–Crippen MR) is 84.5 cm³/mol. The van der Waals surface area contributed by atoms with E-state index in [0.717, 1.165) is 5.56 Å². The molecule has 5 heteroatoms. The molecule has 0 N–H and O–H groups in total. The van der Waals surface area contributed by atoms with Gasteiger partial charge in [0.25, 0.3) is 0 Å². The van der Waals surface area contributed by atoms with E-state index in [2.05, 4.69) is 13.8 Å². The van der Waals surface area contributed by atoms with Crippen LogP contribution in [0.2, 0.25) is 4.34 Å². The fraction of sp³-hybridized carbons (Fsp3) is 0.250. The maximum Gasteiger partial charge on any atom is 0.338 e. The van der Waals surface area contributed by atoms with Crippen LogP contribution in [0.1, 0.15) is 45.4 Å². The van der Waals surface area contributed by atoms with Gasteiger partial charge in [0.2, 0.25) is 5.78 Å². The maximum absolute atomic E-state index is 11.9. The topological polar surface area (TPSA) is 43.4 Å². The lowest BCUT2D eigenvalue weighted by Crippen LogP contribution is -2.13. The molecule has 2 aromatic rings. The van der Waals surface area contributed by atoms with Gasteiger partial charge < -0.3 is 4.74 Å². The summed E-state index contributed by atoms with van der Waals surface area (Å²) in [5.41, 5.74) is 1.59. The summed E-state index contributed by atoms with van der Waals surface area (Å²) in [6, 6.07) is 10.5. The zero-order chi connectivity index (χ0) is 15.4. The summed E-state index contributed by atoms with van der Waals surface area (Å²) in [4.78, 5) is 24.2. The molecule has 0 saturated heterocycles. The van der Waals surface area contributed by atoms with E-state index in [0.29, 0.717) is 20.7 Å². The van der Waals surface area contributed by atoms with Crippen LogP contribution < -0.4 is 0 Å². The first kappa shape index (κ1) is 15.7. The molecule has 0 amide bonds.